The van der Waals surface area contributed by atoms with Crippen LogP contribution in [-0.2, 0) is 6.18 Å². The number of aromatic hydroxyl groups is 2. The van der Waals surface area contributed by atoms with Crippen molar-refractivity contribution < 1.29 is 32.8 Å². The Hall–Kier alpha value is -3.63. The molecule has 2 heterocycles. The summed E-state index contributed by atoms with van der Waals surface area (Å²) in [5, 5.41) is 33.8. The smallest absolute Gasteiger partial charge is 0.433 e. The molecule has 0 unspecified atom stereocenters. The van der Waals surface area contributed by atoms with Crippen molar-refractivity contribution in [1.29, 1.82) is 0 Å². The number of rotatable bonds is 3. The third-order valence-electron chi connectivity index (χ3n) is 3.71. The number of hydrogen-bond donors (Lipinski definition) is 2. The molecule has 27 heavy (non-hydrogen) atoms. The molecule has 0 saturated carbocycles. The summed E-state index contributed by atoms with van der Waals surface area (Å²) in [5.74, 6) is -1.54. The minimum Gasteiger partial charge on any atom is -0.504 e. The highest BCUT2D eigenvalue weighted by Gasteiger charge is 2.33. The molecule has 140 valence electrons. The summed E-state index contributed by atoms with van der Waals surface area (Å²) in [5.41, 5.74) is -1.34. The van der Waals surface area contributed by atoms with Crippen LogP contribution in [0.2, 0.25) is 0 Å². The molecule has 0 spiro atoms. The van der Waals surface area contributed by atoms with Gasteiger partial charge in [-0.15, -0.1) is 0 Å². The molecule has 0 fully saturated rings. The highest BCUT2D eigenvalue weighted by atomic mass is 19.4. The molecule has 0 bridgehead atoms. The lowest BCUT2D eigenvalue weighted by Crippen LogP contribution is -2.08. The molecule has 2 aromatic heterocycles. The Kier molecular flexibility index (Phi) is 4.22. The normalized spacial score (nSPS) is 11.6. The fraction of sp³-hybridized carbons (Fsp3) is 0.125. The van der Waals surface area contributed by atoms with E-state index in [1.165, 1.54) is 19.1 Å². The van der Waals surface area contributed by atoms with Crippen LogP contribution in [0, 0.1) is 17.0 Å². The van der Waals surface area contributed by atoms with Crippen molar-refractivity contribution in [1.82, 2.24) is 10.1 Å². The van der Waals surface area contributed by atoms with E-state index in [9.17, 15) is 33.5 Å². The fourth-order valence-corrected chi connectivity index (χ4v) is 2.41. The number of aromatic nitrogens is 2. The Morgan fingerprint density at radius 3 is 2.48 bits per heavy atom. The second-order valence-electron chi connectivity index (χ2n) is 5.52. The first-order valence-corrected chi connectivity index (χ1v) is 7.30. The van der Waals surface area contributed by atoms with Crippen LogP contribution in [0.1, 0.15) is 11.4 Å². The van der Waals surface area contributed by atoms with Crippen molar-refractivity contribution in [2.24, 2.45) is 0 Å². The average molecular weight is 381 g/mol. The number of nitrogens with zero attached hydrogens (tertiary/aromatic N) is 3. The Balaban J connectivity index is 2.02. The Morgan fingerprint density at radius 2 is 1.89 bits per heavy atom. The van der Waals surface area contributed by atoms with Gasteiger partial charge in [0.05, 0.1) is 4.92 Å². The van der Waals surface area contributed by atoms with Gasteiger partial charge in [-0.2, -0.15) is 13.2 Å². The van der Waals surface area contributed by atoms with Gasteiger partial charge in [0.1, 0.15) is 11.4 Å². The standard InChI is InChI=1S/C16H10F3N3O5/c1-7-9(2-3-14(20-7)16(17,18)19)13-6-10(21-27-13)8-4-11(22(25)26)15(24)12(23)5-8/h2-6,23-24H,1H3. The van der Waals surface area contributed by atoms with Gasteiger partial charge in [0.15, 0.2) is 11.5 Å². The number of aryl methyl sites for hydroxylation is 1. The third kappa shape index (κ3) is 3.38. The highest BCUT2D eigenvalue weighted by molar-refractivity contribution is 5.73. The lowest BCUT2D eigenvalue weighted by molar-refractivity contribution is -0.385. The monoisotopic (exact) mass is 381 g/mol. The topological polar surface area (TPSA) is 123 Å². The van der Waals surface area contributed by atoms with E-state index in [0.717, 1.165) is 18.2 Å². The van der Waals surface area contributed by atoms with E-state index in [-0.39, 0.29) is 28.3 Å². The van der Waals surface area contributed by atoms with Crippen LogP contribution < -0.4 is 0 Å². The van der Waals surface area contributed by atoms with E-state index in [4.69, 9.17) is 4.52 Å². The van der Waals surface area contributed by atoms with Gasteiger partial charge in [0, 0.05) is 29.0 Å². The van der Waals surface area contributed by atoms with Crippen LogP contribution in [0.25, 0.3) is 22.6 Å². The zero-order chi connectivity index (χ0) is 19.9. The zero-order valence-corrected chi connectivity index (χ0v) is 13.5. The predicted octanol–water partition coefficient (Wildman–Crippen LogP) is 4.05. The molecule has 0 aliphatic rings. The average Bonchev–Trinajstić information content (AvgIpc) is 3.05. The van der Waals surface area contributed by atoms with Crippen LogP contribution in [-0.4, -0.2) is 25.3 Å². The first kappa shape index (κ1) is 18.2. The summed E-state index contributed by atoms with van der Waals surface area (Å²) in [6.07, 6.45) is -4.58. The van der Waals surface area contributed by atoms with Crippen molar-refractivity contribution in [3.8, 4) is 34.1 Å². The van der Waals surface area contributed by atoms with Gasteiger partial charge in [-0.05, 0) is 25.1 Å². The molecule has 0 aliphatic carbocycles. The van der Waals surface area contributed by atoms with Gasteiger partial charge in [-0.1, -0.05) is 5.16 Å². The molecule has 0 radical (unpaired) electrons. The minimum atomic E-state index is -4.58. The second kappa shape index (κ2) is 6.27. The van der Waals surface area contributed by atoms with E-state index in [0.29, 0.717) is 0 Å². The van der Waals surface area contributed by atoms with Crippen molar-refractivity contribution in [2.75, 3.05) is 0 Å². The molecule has 0 atom stereocenters. The zero-order valence-electron chi connectivity index (χ0n) is 13.5. The quantitative estimate of drug-likeness (QED) is 0.399. The van der Waals surface area contributed by atoms with E-state index in [2.05, 4.69) is 10.1 Å². The molecule has 11 heteroatoms. The molecule has 0 amide bonds. The number of benzene rings is 1. The molecular weight excluding hydrogens is 371 g/mol. The summed E-state index contributed by atoms with van der Waals surface area (Å²) in [7, 11) is 0. The van der Waals surface area contributed by atoms with Crippen LogP contribution in [0.5, 0.6) is 11.5 Å². The van der Waals surface area contributed by atoms with Gasteiger partial charge in [0.25, 0.3) is 0 Å². The van der Waals surface area contributed by atoms with Crippen LogP contribution in [0.3, 0.4) is 0 Å². The van der Waals surface area contributed by atoms with Crippen LogP contribution >= 0.6 is 0 Å². The lowest BCUT2D eigenvalue weighted by Gasteiger charge is -2.08. The number of halogens is 3. The van der Waals surface area contributed by atoms with E-state index in [1.807, 2.05) is 0 Å². The fourth-order valence-electron chi connectivity index (χ4n) is 2.41. The summed E-state index contributed by atoms with van der Waals surface area (Å²) >= 11 is 0. The lowest BCUT2D eigenvalue weighted by atomic mass is 10.1. The SMILES string of the molecule is Cc1nc(C(F)(F)F)ccc1-c1cc(-c2cc(O)c(O)c([N+](=O)[O-])c2)no1. The van der Waals surface area contributed by atoms with E-state index in [1.54, 1.807) is 0 Å². The molecule has 0 aliphatic heterocycles. The predicted molar refractivity (Wildman–Crippen MR) is 84.9 cm³/mol. The molecule has 2 N–H and O–H groups in total. The van der Waals surface area contributed by atoms with Gasteiger partial charge in [-0.25, -0.2) is 4.98 Å². The number of pyridine rings is 1. The Bertz CT molecular complexity index is 1050. The molecule has 3 aromatic rings. The first-order valence-electron chi connectivity index (χ1n) is 7.30. The second-order valence-corrected chi connectivity index (χ2v) is 5.52. The molecule has 3 rings (SSSR count). The summed E-state index contributed by atoms with van der Waals surface area (Å²) in [6, 6.07) is 5.32. The number of hydrogen-bond acceptors (Lipinski definition) is 7. The van der Waals surface area contributed by atoms with Crippen molar-refractivity contribution in [3.63, 3.8) is 0 Å². The van der Waals surface area contributed by atoms with E-state index >= 15 is 0 Å². The third-order valence-corrected chi connectivity index (χ3v) is 3.71. The number of nitro benzene ring substituents is 1. The molecule has 1 aromatic carbocycles. The summed E-state index contributed by atoms with van der Waals surface area (Å²) in [6.45, 7) is 1.37. The number of phenols is 2. The summed E-state index contributed by atoms with van der Waals surface area (Å²) < 4.78 is 43.2. The number of alkyl halides is 3. The van der Waals surface area contributed by atoms with Gasteiger partial charge in [0.2, 0.25) is 5.75 Å². The number of phenolic OH excluding ortho intramolecular Hbond substituents is 2. The van der Waals surface area contributed by atoms with Crippen molar-refractivity contribution in [2.45, 2.75) is 13.1 Å². The maximum absolute atomic E-state index is 12.7. The van der Waals surface area contributed by atoms with Crippen LogP contribution in [0.4, 0.5) is 18.9 Å². The first-order chi connectivity index (χ1) is 12.6. The van der Waals surface area contributed by atoms with Crippen LogP contribution in [0.15, 0.2) is 34.9 Å². The maximum atomic E-state index is 12.7. The molecule has 0 saturated heterocycles. The minimum absolute atomic E-state index is 0.0482. The van der Waals surface area contributed by atoms with Gasteiger partial charge >= 0.3 is 11.9 Å². The molecular formula is C16H10F3N3O5. The van der Waals surface area contributed by atoms with Gasteiger partial charge < -0.3 is 14.7 Å². The number of nitro groups is 1. The summed E-state index contributed by atoms with van der Waals surface area (Å²) in [4.78, 5) is 13.5. The Morgan fingerprint density at radius 1 is 1.19 bits per heavy atom. The maximum Gasteiger partial charge on any atom is 0.433 e. The Labute approximate surface area is 148 Å². The molecule has 8 nitrogen and oxygen atoms in total. The van der Waals surface area contributed by atoms with E-state index < -0.39 is 34.0 Å². The van der Waals surface area contributed by atoms with Crippen molar-refractivity contribution in [3.05, 3.63) is 51.8 Å². The van der Waals surface area contributed by atoms with Crippen molar-refractivity contribution >= 4 is 5.69 Å². The van der Waals surface area contributed by atoms with Gasteiger partial charge in [-0.3, -0.25) is 10.1 Å². The largest absolute Gasteiger partial charge is 0.504 e. The highest BCUT2D eigenvalue weighted by Crippen LogP contribution is 2.40.